The molecule has 0 bridgehead atoms. The molecule has 0 fully saturated rings. The van der Waals surface area contributed by atoms with Gasteiger partial charge in [-0.3, -0.25) is 0 Å². The average Bonchev–Trinajstić information content (AvgIpc) is 2.29. The van der Waals surface area contributed by atoms with Gasteiger partial charge in [0.05, 0.1) is 12.8 Å². The van der Waals surface area contributed by atoms with Gasteiger partial charge < -0.3 is 4.84 Å². The highest BCUT2D eigenvalue weighted by Crippen LogP contribution is 2.17. The Hall–Kier alpha value is -1.84. The number of amidine groups is 1. The van der Waals surface area contributed by atoms with Gasteiger partial charge in [-0.25, -0.2) is 5.01 Å². The zero-order chi connectivity index (χ0) is 9.38. The van der Waals surface area contributed by atoms with Crippen LogP contribution in [0.3, 0.4) is 0 Å². The van der Waals surface area contributed by atoms with Gasteiger partial charge in [0.2, 0.25) is 0 Å². The van der Waals surface area contributed by atoms with Crippen molar-refractivity contribution < 1.29 is 4.84 Å². The van der Waals surface area contributed by atoms with Crippen LogP contribution < -0.4 is 0 Å². The summed E-state index contributed by atoms with van der Waals surface area (Å²) in [7, 11) is 0. The lowest BCUT2D eigenvalue weighted by atomic mass is 10.1. The third-order valence-electron chi connectivity index (χ3n) is 2.33. The fourth-order valence-electron chi connectivity index (χ4n) is 1.63. The summed E-state index contributed by atoms with van der Waals surface area (Å²) >= 11 is 0. The van der Waals surface area contributed by atoms with Crippen molar-refractivity contribution in [2.75, 3.05) is 13.2 Å². The largest absolute Gasteiger partial charge is 0.392 e. The Kier molecular flexibility index (Phi) is 1.53. The highest BCUT2D eigenvalue weighted by molar-refractivity contribution is 6.07. The fourth-order valence-corrected chi connectivity index (χ4v) is 1.63. The summed E-state index contributed by atoms with van der Waals surface area (Å²) in [5.41, 5.74) is 2.18. The maximum absolute atomic E-state index is 5.07. The summed E-state index contributed by atoms with van der Waals surface area (Å²) in [6.45, 7) is 1.37. The van der Waals surface area contributed by atoms with E-state index in [1.807, 2.05) is 35.5 Å². The first-order valence-corrected chi connectivity index (χ1v) is 4.56. The van der Waals surface area contributed by atoms with Crippen molar-refractivity contribution in [3.05, 3.63) is 35.4 Å². The van der Waals surface area contributed by atoms with Crippen LogP contribution in [0, 0.1) is 0 Å². The number of rotatable bonds is 0. The third-order valence-corrected chi connectivity index (χ3v) is 2.33. The van der Waals surface area contributed by atoms with Crippen LogP contribution in [-0.4, -0.2) is 30.2 Å². The highest BCUT2D eigenvalue weighted by Gasteiger charge is 2.22. The molecule has 1 aromatic rings. The number of hydrogen-bond donors (Lipinski definition) is 0. The van der Waals surface area contributed by atoms with Gasteiger partial charge in [0.15, 0.2) is 5.84 Å². The summed E-state index contributed by atoms with van der Waals surface area (Å²) in [4.78, 5) is 5.07. The van der Waals surface area contributed by atoms with E-state index in [2.05, 4.69) is 10.3 Å². The maximum atomic E-state index is 5.07. The zero-order valence-electron chi connectivity index (χ0n) is 7.55. The number of nitrogens with zero attached hydrogens (tertiary/aromatic N) is 3. The van der Waals surface area contributed by atoms with Crippen molar-refractivity contribution in [1.29, 1.82) is 0 Å². The van der Waals surface area contributed by atoms with E-state index in [9.17, 15) is 0 Å². The van der Waals surface area contributed by atoms with Gasteiger partial charge in [0.25, 0.3) is 0 Å². The molecular weight excluding hydrogens is 178 g/mol. The molecule has 0 saturated carbocycles. The van der Waals surface area contributed by atoms with Gasteiger partial charge in [-0.1, -0.05) is 29.4 Å². The average molecular weight is 187 g/mol. The Balaban J connectivity index is 2.17. The first-order valence-electron chi connectivity index (χ1n) is 4.56. The molecule has 2 heterocycles. The Morgan fingerprint density at radius 1 is 1.29 bits per heavy atom. The molecule has 3 rings (SSSR count). The van der Waals surface area contributed by atoms with E-state index in [4.69, 9.17) is 4.84 Å². The minimum Gasteiger partial charge on any atom is -0.392 e. The van der Waals surface area contributed by atoms with Crippen LogP contribution >= 0.6 is 0 Å². The second kappa shape index (κ2) is 2.83. The molecule has 0 N–H and O–H groups in total. The molecule has 1 aromatic carbocycles. The van der Waals surface area contributed by atoms with Crippen LogP contribution in [0.1, 0.15) is 11.1 Å². The number of hydrazone groups is 1. The van der Waals surface area contributed by atoms with E-state index >= 15 is 0 Å². The molecule has 0 atom stereocenters. The maximum Gasteiger partial charge on any atom is 0.196 e. The van der Waals surface area contributed by atoms with Gasteiger partial charge in [0.1, 0.15) is 6.61 Å². The Bertz CT molecular complexity index is 425. The molecule has 4 heteroatoms. The SMILES string of the molecule is C1=NN2CCON=C2c2ccccc21. The summed E-state index contributed by atoms with van der Waals surface area (Å²) in [5.74, 6) is 0.814. The van der Waals surface area contributed by atoms with Gasteiger partial charge in [0, 0.05) is 11.1 Å². The predicted octanol–water partition coefficient (Wildman–Crippen LogP) is 1.03. The van der Waals surface area contributed by atoms with Crippen molar-refractivity contribution in [3.8, 4) is 0 Å². The minimum atomic E-state index is 0.600. The lowest BCUT2D eigenvalue weighted by molar-refractivity contribution is 0.103. The molecule has 14 heavy (non-hydrogen) atoms. The van der Waals surface area contributed by atoms with Crippen LogP contribution in [0.2, 0.25) is 0 Å². The first kappa shape index (κ1) is 7.55. The van der Waals surface area contributed by atoms with Crippen LogP contribution in [0.15, 0.2) is 34.5 Å². The van der Waals surface area contributed by atoms with Gasteiger partial charge in [-0.05, 0) is 0 Å². The molecule has 2 aliphatic rings. The van der Waals surface area contributed by atoms with Gasteiger partial charge in [-0.15, -0.1) is 0 Å². The van der Waals surface area contributed by atoms with Gasteiger partial charge >= 0.3 is 0 Å². The standard InChI is InChI=1S/C10H9N3O/c1-2-4-9-8(3-1)7-11-13-5-6-14-12-10(9)13/h1-4,7H,5-6H2. The third kappa shape index (κ3) is 1.00. The van der Waals surface area contributed by atoms with E-state index < -0.39 is 0 Å². The van der Waals surface area contributed by atoms with Crippen molar-refractivity contribution in [1.82, 2.24) is 5.01 Å². The Labute approximate surface area is 81.5 Å². The summed E-state index contributed by atoms with van der Waals surface area (Å²) < 4.78 is 0. The molecule has 0 spiro atoms. The first-order chi connectivity index (χ1) is 6.95. The molecule has 0 saturated heterocycles. The smallest absolute Gasteiger partial charge is 0.196 e. The van der Waals surface area contributed by atoms with E-state index in [-0.39, 0.29) is 0 Å². The van der Waals surface area contributed by atoms with Crippen LogP contribution in [-0.2, 0) is 4.84 Å². The van der Waals surface area contributed by atoms with E-state index in [1.165, 1.54) is 0 Å². The summed E-state index contributed by atoms with van der Waals surface area (Å²) in [6, 6.07) is 8.03. The molecule has 4 nitrogen and oxygen atoms in total. The Morgan fingerprint density at radius 3 is 3.21 bits per heavy atom. The zero-order valence-corrected chi connectivity index (χ0v) is 7.55. The quantitative estimate of drug-likeness (QED) is 0.608. The molecular formula is C10H9N3O. The van der Waals surface area contributed by atoms with Crippen LogP contribution in [0.4, 0.5) is 0 Å². The minimum absolute atomic E-state index is 0.600. The molecule has 0 amide bonds. The second-order valence-corrected chi connectivity index (χ2v) is 3.20. The van der Waals surface area contributed by atoms with Crippen molar-refractivity contribution >= 4 is 12.1 Å². The molecule has 0 radical (unpaired) electrons. The van der Waals surface area contributed by atoms with Crippen LogP contribution in [0.25, 0.3) is 0 Å². The Morgan fingerprint density at radius 2 is 2.21 bits per heavy atom. The molecule has 0 aliphatic carbocycles. The monoisotopic (exact) mass is 187 g/mol. The normalized spacial score (nSPS) is 18.0. The molecule has 0 unspecified atom stereocenters. The number of fused-ring (bicyclic) bond motifs is 3. The van der Waals surface area contributed by atoms with E-state index in [1.54, 1.807) is 0 Å². The number of benzene rings is 1. The second-order valence-electron chi connectivity index (χ2n) is 3.20. The van der Waals surface area contributed by atoms with Crippen molar-refractivity contribution in [3.63, 3.8) is 0 Å². The van der Waals surface area contributed by atoms with Gasteiger partial charge in [-0.2, -0.15) is 5.10 Å². The van der Waals surface area contributed by atoms with E-state index in [0.29, 0.717) is 6.61 Å². The topological polar surface area (TPSA) is 37.2 Å². The predicted molar refractivity (Wildman–Crippen MR) is 53.2 cm³/mol. The fraction of sp³-hybridized carbons (Fsp3) is 0.200. The molecule has 70 valence electrons. The highest BCUT2D eigenvalue weighted by atomic mass is 16.6. The molecule has 0 aromatic heterocycles. The lowest BCUT2D eigenvalue weighted by Crippen LogP contribution is -2.36. The van der Waals surface area contributed by atoms with Crippen LogP contribution in [0.5, 0.6) is 0 Å². The lowest BCUT2D eigenvalue weighted by Gasteiger charge is -2.27. The van der Waals surface area contributed by atoms with E-state index in [0.717, 1.165) is 23.5 Å². The number of hydrogen-bond acceptors (Lipinski definition) is 4. The van der Waals surface area contributed by atoms with Crippen molar-refractivity contribution in [2.45, 2.75) is 0 Å². The number of oxime groups is 1. The summed E-state index contributed by atoms with van der Waals surface area (Å²) in [6.07, 6.45) is 1.86. The van der Waals surface area contributed by atoms with Crippen molar-refractivity contribution in [2.24, 2.45) is 10.3 Å². The molecule has 2 aliphatic heterocycles. The summed E-state index contributed by atoms with van der Waals surface area (Å²) in [5, 5.41) is 10.2.